The molecule has 0 spiro atoms. The highest BCUT2D eigenvalue weighted by Gasteiger charge is 2.23. The summed E-state index contributed by atoms with van der Waals surface area (Å²) in [6.45, 7) is 4.04. The predicted octanol–water partition coefficient (Wildman–Crippen LogP) is 2.65. The molecule has 1 amide bonds. The number of hydrogen-bond acceptors (Lipinski definition) is 3. The Morgan fingerprint density at radius 3 is 2.17 bits per heavy atom. The van der Waals surface area contributed by atoms with E-state index in [1.54, 1.807) is 7.05 Å². The average Bonchev–Trinajstić information content (AvgIpc) is 2.59. The Hall–Kier alpha value is -2.18. The smallest absolute Gasteiger partial charge is 0.251 e. The van der Waals surface area contributed by atoms with Gasteiger partial charge in [0.05, 0.1) is 4.90 Å². The van der Waals surface area contributed by atoms with E-state index in [0.717, 1.165) is 5.56 Å². The molecule has 128 valence electrons. The van der Waals surface area contributed by atoms with Gasteiger partial charge in [0.15, 0.2) is 0 Å². The molecule has 2 aromatic carbocycles. The standard InChI is InChI=1S/C18H22N2O3S/c1-14(2)20(3)24(22,23)17-11-9-16(10-12-17)18(21)19-13-15-7-5-4-6-8-15/h4-12,14H,13H2,1-3H3,(H,19,21). The van der Waals surface area contributed by atoms with E-state index in [2.05, 4.69) is 5.32 Å². The molecule has 2 rings (SSSR count). The predicted molar refractivity (Wildman–Crippen MR) is 94.1 cm³/mol. The van der Waals surface area contributed by atoms with Gasteiger partial charge in [-0.25, -0.2) is 8.42 Å². The van der Waals surface area contributed by atoms with E-state index in [1.807, 2.05) is 44.2 Å². The van der Waals surface area contributed by atoms with Crippen LogP contribution < -0.4 is 5.32 Å². The molecule has 0 atom stereocenters. The summed E-state index contributed by atoms with van der Waals surface area (Å²) in [6, 6.07) is 15.4. The number of nitrogens with one attached hydrogen (secondary N) is 1. The van der Waals surface area contributed by atoms with Crippen molar-refractivity contribution in [1.82, 2.24) is 9.62 Å². The quantitative estimate of drug-likeness (QED) is 0.874. The Morgan fingerprint density at radius 2 is 1.62 bits per heavy atom. The lowest BCUT2D eigenvalue weighted by molar-refractivity contribution is 0.0951. The summed E-state index contributed by atoms with van der Waals surface area (Å²) in [6.07, 6.45) is 0. The van der Waals surface area contributed by atoms with Gasteiger partial charge in [-0.05, 0) is 43.7 Å². The molecule has 0 unspecified atom stereocenters. The van der Waals surface area contributed by atoms with Crippen LogP contribution in [0.2, 0.25) is 0 Å². The molecule has 0 fully saturated rings. The molecule has 6 heteroatoms. The van der Waals surface area contributed by atoms with Crippen LogP contribution in [0.15, 0.2) is 59.5 Å². The van der Waals surface area contributed by atoms with Crippen molar-refractivity contribution in [2.45, 2.75) is 31.3 Å². The van der Waals surface area contributed by atoms with Crippen molar-refractivity contribution in [1.29, 1.82) is 0 Å². The van der Waals surface area contributed by atoms with Crippen LogP contribution in [-0.2, 0) is 16.6 Å². The third-order valence-electron chi connectivity index (χ3n) is 3.82. The Bertz CT molecular complexity index is 785. The summed E-state index contributed by atoms with van der Waals surface area (Å²) < 4.78 is 26.1. The maximum absolute atomic E-state index is 12.4. The monoisotopic (exact) mass is 346 g/mol. The molecule has 0 saturated heterocycles. The van der Waals surface area contributed by atoms with Crippen LogP contribution in [0.5, 0.6) is 0 Å². The van der Waals surface area contributed by atoms with Crippen molar-refractivity contribution < 1.29 is 13.2 Å². The average molecular weight is 346 g/mol. The lowest BCUT2D eigenvalue weighted by Gasteiger charge is -2.21. The zero-order valence-corrected chi connectivity index (χ0v) is 14.9. The summed E-state index contributed by atoms with van der Waals surface area (Å²) in [4.78, 5) is 12.3. The van der Waals surface area contributed by atoms with E-state index in [0.29, 0.717) is 12.1 Å². The van der Waals surface area contributed by atoms with Crippen molar-refractivity contribution in [2.75, 3.05) is 7.05 Å². The molecule has 0 radical (unpaired) electrons. The lowest BCUT2D eigenvalue weighted by Crippen LogP contribution is -2.33. The van der Waals surface area contributed by atoms with Crippen molar-refractivity contribution in [3.63, 3.8) is 0 Å². The zero-order valence-electron chi connectivity index (χ0n) is 14.1. The zero-order chi connectivity index (χ0) is 17.7. The van der Waals surface area contributed by atoms with E-state index >= 15 is 0 Å². The second-order valence-electron chi connectivity index (χ2n) is 5.81. The summed E-state index contributed by atoms with van der Waals surface area (Å²) in [5.74, 6) is -0.236. The van der Waals surface area contributed by atoms with Crippen molar-refractivity contribution in [2.24, 2.45) is 0 Å². The number of hydrogen-bond donors (Lipinski definition) is 1. The first kappa shape index (κ1) is 18.2. The fraction of sp³-hybridized carbons (Fsp3) is 0.278. The highest BCUT2D eigenvalue weighted by Crippen LogP contribution is 2.17. The summed E-state index contributed by atoms with van der Waals surface area (Å²) >= 11 is 0. The molecule has 2 aromatic rings. The summed E-state index contributed by atoms with van der Waals surface area (Å²) in [5, 5.41) is 2.82. The highest BCUT2D eigenvalue weighted by atomic mass is 32.2. The van der Waals surface area contributed by atoms with Crippen LogP contribution in [0.25, 0.3) is 0 Å². The third kappa shape index (κ3) is 4.21. The normalized spacial score (nSPS) is 11.7. The van der Waals surface area contributed by atoms with Crippen LogP contribution in [0.1, 0.15) is 29.8 Å². The first-order valence-corrected chi connectivity index (χ1v) is 9.16. The largest absolute Gasteiger partial charge is 0.348 e. The lowest BCUT2D eigenvalue weighted by atomic mass is 10.2. The minimum Gasteiger partial charge on any atom is -0.348 e. The number of carbonyl (C=O) groups is 1. The van der Waals surface area contributed by atoms with Gasteiger partial charge in [0.25, 0.3) is 5.91 Å². The van der Waals surface area contributed by atoms with Crippen LogP contribution in [0.4, 0.5) is 0 Å². The van der Waals surface area contributed by atoms with Gasteiger partial charge in [0.1, 0.15) is 0 Å². The second-order valence-corrected chi connectivity index (χ2v) is 7.81. The molecule has 0 aromatic heterocycles. The summed E-state index contributed by atoms with van der Waals surface area (Å²) in [7, 11) is -1.99. The van der Waals surface area contributed by atoms with Crippen LogP contribution in [0, 0.1) is 0 Å². The van der Waals surface area contributed by atoms with Crippen LogP contribution in [-0.4, -0.2) is 31.7 Å². The molecule has 0 bridgehead atoms. The SMILES string of the molecule is CC(C)N(C)S(=O)(=O)c1ccc(C(=O)NCc2ccccc2)cc1. The van der Waals surface area contributed by atoms with Crippen molar-refractivity contribution in [3.05, 3.63) is 65.7 Å². The maximum atomic E-state index is 12.4. The highest BCUT2D eigenvalue weighted by molar-refractivity contribution is 7.89. The van der Waals surface area contributed by atoms with Gasteiger partial charge < -0.3 is 5.32 Å². The first-order valence-electron chi connectivity index (χ1n) is 7.72. The first-order chi connectivity index (χ1) is 11.3. The molecule has 0 aliphatic carbocycles. The molecule has 24 heavy (non-hydrogen) atoms. The van der Waals surface area contributed by atoms with Gasteiger partial charge in [-0.2, -0.15) is 4.31 Å². The van der Waals surface area contributed by atoms with E-state index in [9.17, 15) is 13.2 Å². The molecule has 5 nitrogen and oxygen atoms in total. The summed E-state index contributed by atoms with van der Waals surface area (Å²) in [5.41, 5.74) is 1.43. The number of rotatable bonds is 6. The topological polar surface area (TPSA) is 66.5 Å². The molecule has 0 saturated carbocycles. The molecule has 0 aliphatic rings. The van der Waals surface area contributed by atoms with E-state index in [4.69, 9.17) is 0 Å². The Morgan fingerprint density at radius 1 is 1.04 bits per heavy atom. The second kappa shape index (κ2) is 7.59. The Kier molecular flexibility index (Phi) is 5.75. The number of carbonyl (C=O) groups excluding carboxylic acids is 1. The third-order valence-corrected chi connectivity index (χ3v) is 5.86. The number of sulfonamides is 1. The van der Waals surface area contributed by atoms with Crippen molar-refractivity contribution in [3.8, 4) is 0 Å². The van der Waals surface area contributed by atoms with Crippen LogP contribution >= 0.6 is 0 Å². The van der Waals surface area contributed by atoms with Gasteiger partial charge in [0, 0.05) is 25.2 Å². The minimum atomic E-state index is -3.53. The Labute approximate surface area is 143 Å². The molecule has 1 N–H and O–H groups in total. The number of amides is 1. The number of nitrogens with zero attached hydrogens (tertiary/aromatic N) is 1. The fourth-order valence-corrected chi connectivity index (χ4v) is 3.47. The molecular weight excluding hydrogens is 324 g/mol. The van der Waals surface area contributed by atoms with Gasteiger partial charge >= 0.3 is 0 Å². The van der Waals surface area contributed by atoms with Gasteiger partial charge in [-0.1, -0.05) is 30.3 Å². The Balaban J connectivity index is 2.07. The molecular formula is C18H22N2O3S. The van der Waals surface area contributed by atoms with E-state index in [-0.39, 0.29) is 16.8 Å². The van der Waals surface area contributed by atoms with E-state index in [1.165, 1.54) is 28.6 Å². The van der Waals surface area contributed by atoms with Gasteiger partial charge in [0.2, 0.25) is 10.0 Å². The van der Waals surface area contributed by atoms with E-state index < -0.39 is 10.0 Å². The number of benzene rings is 2. The maximum Gasteiger partial charge on any atom is 0.251 e. The van der Waals surface area contributed by atoms with Crippen molar-refractivity contribution >= 4 is 15.9 Å². The van der Waals surface area contributed by atoms with Crippen LogP contribution in [0.3, 0.4) is 0 Å². The molecule has 0 aliphatic heterocycles. The minimum absolute atomic E-state index is 0.135. The fourth-order valence-electron chi connectivity index (χ4n) is 2.10. The van der Waals surface area contributed by atoms with Gasteiger partial charge in [-0.3, -0.25) is 4.79 Å². The molecule has 0 heterocycles. The van der Waals surface area contributed by atoms with Gasteiger partial charge in [-0.15, -0.1) is 0 Å².